The van der Waals surface area contributed by atoms with Gasteiger partial charge in [0, 0.05) is 12.1 Å². The average molecular weight is 333 g/mol. The van der Waals surface area contributed by atoms with E-state index in [2.05, 4.69) is 25.9 Å². The van der Waals surface area contributed by atoms with Gasteiger partial charge in [0.05, 0.1) is 9.50 Å². The average Bonchev–Trinajstić information content (AvgIpc) is 2.24. The van der Waals surface area contributed by atoms with Crippen molar-refractivity contribution < 1.29 is 9.13 Å². The minimum absolute atomic E-state index is 0.00704. The summed E-state index contributed by atoms with van der Waals surface area (Å²) in [5.41, 5.74) is 5.57. The Labute approximate surface area is 116 Å². The molecule has 2 aromatic rings. The van der Waals surface area contributed by atoms with Gasteiger partial charge < -0.3 is 10.5 Å². The van der Waals surface area contributed by atoms with Crippen LogP contribution in [0.1, 0.15) is 5.82 Å². The zero-order valence-electron chi connectivity index (χ0n) is 9.25. The minimum atomic E-state index is -0.575. The lowest BCUT2D eigenvalue weighted by Crippen LogP contribution is -1.98. The number of halogens is 3. The van der Waals surface area contributed by atoms with Gasteiger partial charge in [0.2, 0.25) is 5.88 Å². The van der Waals surface area contributed by atoms with Crippen LogP contribution in [0.5, 0.6) is 11.6 Å². The molecule has 18 heavy (non-hydrogen) atoms. The number of aromatic nitrogens is 2. The second-order valence-electron chi connectivity index (χ2n) is 3.48. The van der Waals surface area contributed by atoms with Crippen LogP contribution in [0.25, 0.3) is 0 Å². The predicted octanol–water partition coefficient (Wildman–Crippen LogP) is 3.71. The van der Waals surface area contributed by atoms with E-state index in [1.54, 1.807) is 6.92 Å². The molecular formula is C11H8BrClFN3O. The van der Waals surface area contributed by atoms with Crippen molar-refractivity contribution in [2.45, 2.75) is 6.92 Å². The third kappa shape index (κ3) is 2.88. The summed E-state index contributed by atoms with van der Waals surface area (Å²) in [5.74, 6) is 0.670. The normalized spacial score (nSPS) is 10.4. The van der Waals surface area contributed by atoms with Crippen molar-refractivity contribution in [2.75, 3.05) is 5.73 Å². The van der Waals surface area contributed by atoms with Crippen LogP contribution in [0, 0.1) is 12.7 Å². The molecule has 0 aliphatic carbocycles. The van der Waals surface area contributed by atoms with E-state index < -0.39 is 5.82 Å². The Morgan fingerprint density at radius 1 is 1.33 bits per heavy atom. The fourth-order valence-electron chi connectivity index (χ4n) is 1.31. The van der Waals surface area contributed by atoms with E-state index in [-0.39, 0.29) is 22.5 Å². The van der Waals surface area contributed by atoms with Crippen LogP contribution in [-0.4, -0.2) is 9.97 Å². The summed E-state index contributed by atoms with van der Waals surface area (Å²) >= 11 is 8.86. The Balaban J connectivity index is 2.36. The number of hydrogen-bond acceptors (Lipinski definition) is 4. The first-order valence-electron chi connectivity index (χ1n) is 4.89. The van der Waals surface area contributed by atoms with Crippen LogP contribution >= 0.6 is 27.5 Å². The molecule has 0 aliphatic heterocycles. The van der Waals surface area contributed by atoms with E-state index in [0.717, 1.165) is 0 Å². The number of nitrogens with zero attached hydrogens (tertiary/aromatic N) is 2. The maximum Gasteiger partial charge on any atom is 0.224 e. The summed E-state index contributed by atoms with van der Waals surface area (Å²) in [6.45, 7) is 1.68. The molecule has 94 valence electrons. The molecule has 1 heterocycles. The smallest absolute Gasteiger partial charge is 0.224 e. The van der Waals surface area contributed by atoms with Gasteiger partial charge in [-0.3, -0.25) is 0 Å². The summed E-state index contributed by atoms with van der Waals surface area (Å²) in [4.78, 5) is 7.94. The van der Waals surface area contributed by atoms with Crippen LogP contribution < -0.4 is 10.5 Å². The van der Waals surface area contributed by atoms with E-state index in [1.807, 2.05) is 0 Å². The standard InChI is InChI=1S/C11H8BrClFN3O/c1-5-16-10(15)4-11(17-5)18-9-3-8(14)7(13)2-6(9)12/h2-4H,1H3,(H2,15,16,17). The van der Waals surface area contributed by atoms with E-state index in [9.17, 15) is 4.39 Å². The Morgan fingerprint density at radius 2 is 2.06 bits per heavy atom. The lowest BCUT2D eigenvalue weighted by Gasteiger charge is -2.08. The van der Waals surface area contributed by atoms with Gasteiger partial charge in [-0.1, -0.05) is 11.6 Å². The van der Waals surface area contributed by atoms with Crippen molar-refractivity contribution >= 4 is 33.3 Å². The quantitative estimate of drug-likeness (QED) is 0.852. The van der Waals surface area contributed by atoms with Gasteiger partial charge in [-0.05, 0) is 28.9 Å². The molecule has 0 atom stereocenters. The second kappa shape index (κ2) is 5.07. The molecule has 2 rings (SSSR count). The third-order valence-corrected chi connectivity index (χ3v) is 2.93. The van der Waals surface area contributed by atoms with Gasteiger partial charge in [0.1, 0.15) is 23.2 Å². The topological polar surface area (TPSA) is 61.0 Å². The number of nitrogen functional groups attached to an aromatic ring is 1. The van der Waals surface area contributed by atoms with Crippen LogP contribution in [0.3, 0.4) is 0 Å². The Kier molecular flexibility index (Phi) is 3.68. The number of rotatable bonds is 2. The maximum atomic E-state index is 13.3. The molecule has 4 nitrogen and oxygen atoms in total. The molecule has 1 aromatic heterocycles. The Morgan fingerprint density at radius 3 is 2.72 bits per heavy atom. The summed E-state index contributed by atoms with van der Waals surface area (Å²) in [7, 11) is 0. The number of nitrogens with two attached hydrogens (primary N) is 1. The van der Waals surface area contributed by atoms with E-state index >= 15 is 0 Å². The third-order valence-electron chi connectivity index (χ3n) is 2.02. The SMILES string of the molecule is Cc1nc(N)cc(Oc2cc(F)c(Cl)cc2Br)n1. The molecule has 0 spiro atoms. The van der Waals surface area contributed by atoms with Crippen molar-refractivity contribution in [3.8, 4) is 11.6 Å². The number of ether oxygens (including phenoxy) is 1. The minimum Gasteiger partial charge on any atom is -0.438 e. The van der Waals surface area contributed by atoms with Crippen LogP contribution in [0.15, 0.2) is 22.7 Å². The number of benzene rings is 1. The van der Waals surface area contributed by atoms with E-state index in [1.165, 1.54) is 18.2 Å². The van der Waals surface area contributed by atoms with Crippen molar-refractivity contribution in [3.63, 3.8) is 0 Å². The van der Waals surface area contributed by atoms with Gasteiger partial charge in [0.25, 0.3) is 0 Å². The molecule has 7 heteroatoms. The Hall–Kier alpha value is -1.40. The second-order valence-corrected chi connectivity index (χ2v) is 4.74. The molecule has 0 saturated carbocycles. The van der Waals surface area contributed by atoms with E-state index in [4.69, 9.17) is 22.1 Å². The number of hydrogen-bond donors (Lipinski definition) is 1. The summed E-state index contributed by atoms with van der Waals surface area (Å²) in [5, 5.41) is 0.00704. The van der Waals surface area contributed by atoms with Gasteiger partial charge in [-0.25, -0.2) is 9.37 Å². The fourth-order valence-corrected chi connectivity index (χ4v) is 2.03. The first-order valence-corrected chi connectivity index (χ1v) is 6.06. The molecule has 0 fully saturated rings. The highest BCUT2D eigenvalue weighted by Gasteiger charge is 2.10. The zero-order chi connectivity index (χ0) is 13.3. The molecule has 0 radical (unpaired) electrons. The number of anilines is 1. The van der Waals surface area contributed by atoms with Crippen molar-refractivity contribution in [1.82, 2.24) is 9.97 Å². The zero-order valence-corrected chi connectivity index (χ0v) is 11.6. The first-order chi connectivity index (χ1) is 8.45. The summed E-state index contributed by atoms with van der Waals surface area (Å²) in [6, 6.07) is 4.02. The lowest BCUT2D eigenvalue weighted by molar-refractivity contribution is 0.453. The van der Waals surface area contributed by atoms with Crippen molar-refractivity contribution in [1.29, 1.82) is 0 Å². The van der Waals surface area contributed by atoms with Gasteiger partial charge in [-0.2, -0.15) is 4.98 Å². The molecular weight excluding hydrogens is 324 g/mol. The maximum absolute atomic E-state index is 13.3. The molecule has 0 amide bonds. The Bertz CT molecular complexity index is 589. The predicted molar refractivity (Wildman–Crippen MR) is 70.4 cm³/mol. The number of aryl methyl sites for hydroxylation is 1. The van der Waals surface area contributed by atoms with Gasteiger partial charge >= 0.3 is 0 Å². The molecule has 2 N–H and O–H groups in total. The van der Waals surface area contributed by atoms with Crippen LogP contribution in [-0.2, 0) is 0 Å². The van der Waals surface area contributed by atoms with Crippen molar-refractivity contribution in [3.05, 3.63) is 39.3 Å². The van der Waals surface area contributed by atoms with E-state index in [0.29, 0.717) is 10.3 Å². The summed E-state index contributed by atoms with van der Waals surface area (Å²) in [6.07, 6.45) is 0. The van der Waals surface area contributed by atoms with Crippen molar-refractivity contribution in [2.24, 2.45) is 0 Å². The summed E-state index contributed by atoms with van der Waals surface area (Å²) < 4.78 is 19.3. The first kappa shape index (κ1) is 13.0. The largest absolute Gasteiger partial charge is 0.438 e. The molecule has 0 unspecified atom stereocenters. The lowest BCUT2D eigenvalue weighted by atomic mass is 10.3. The van der Waals surface area contributed by atoms with Crippen LogP contribution in [0.2, 0.25) is 5.02 Å². The highest BCUT2D eigenvalue weighted by atomic mass is 79.9. The molecule has 0 aliphatic rings. The monoisotopic (exact) mass is 331 g/mol. The highest BCUT2D eigenvalue weighted by molar-refractivity contribution is 9.10. The molecule has 0 saturated heterocycles. The van der Waals surface area contributed by atoms with Crippen LogP contribution in [0.4, 0.5) is 10.2 Å². The van der Waals surface area contributed by atoms with Gasteiger partial charge in [0.15, 0.2) is 0 Å². The molecule has 0 bridgehead atoms. The highest BCUT2D eigenvalue weighted by Crippen LogP contribution is 2.33. The molecule has 1 aromatic carbocycles. The fraction of sp³-hybridized carbons (Fsp3) is 0.0909. The van der Waals surface area contributed by atoms with Gasteiger partial charge in [-0.15, -0.1) is 0 Å².